The molecule has 2 aliphatic heterocycles. The van der Waals surface area contributed by atoms with Crippen LogP contribution in [0.5, 0.6) is 0 Å². The maximum atomic E-state index is 12.8. The van der Waals surface area contributed by atoms with E-state index >= 15 is 0 Å². The van der Waals surface area contributed by atoms with E-state index in [1.54, 1.807) is 12.1 Å². The summed E-state index contributed by atoms with van der Waals surface area (Å²) in [5.41, 5.74) is 0.114. The first-order valence-electron chi connectivity index (χ1n) is 7.90. The first kappa shape index (κ1) is 17.5. The van der Waals surface area contributed by atoms with Crippen LogP contribution in [0, 0.1) is 11.3 Å². The number of rotatable bonds is 3. The molecule has 0 radical (unpaired) electrons. The Bertz CT molecular complexity index is 853. The van der Waals surface area contributed by atoms with Crippen LogP contribution in [0.1, 0.15) is 12.0 Å². The summed E-state index contributed by atoms with van der Waals surface area (Å²) in [6, 6.07) is 7.50. The summed E-state index contributed by atoms with van der Waals surface area (Å²) in [5, 5.41) is 9.13. The minimum absolute atomic E-state index is 0.00203. The number of likely N-dealkylation sites (tertiary alicyclic amines) is 1. The van der Waals surface area contributed by atoms with Gasteiger partial charge in [-0.2, -0.15) is 9.57 Å². The van der Waals surface area contributed by atoms with E-state index in [0.717, 1.165) is 4.90 Å². The SMILES string of the molecule is CN1C(=O)C[C@H](N2CCN(S(=O)(=O)c3ccccc3C#N)CC2)C1=O. The summed E-state index contributed by atoms with van der Waals surface area (Å²) in [6.07, 6.45) is 0.138. The standard InChI is InChI=1S/C16H18N4O4S/c1-18-15(21)10-13(16(18)22)19-6-8-20(9-7-19)25(23,24)14-5-3-2-4-12(14)11-17/h2-5,13H,6-10H2,1H3/t13-/m0/s1. The fourth-order valence-corrected chi connectivity index (χ4v) is 4.76. The first-order chi connectivity index (χ1) is 11.9. The monoisotopic (exact) mass is 362 g/mol. The van der Waals surface area contributed by atoms with Gasteiger partial charge in [-0.1, -0.05) is 12.1 Å². The van der Waals surface area contributed by atoms with Crippen LogP contribution < -0.4 is 0 Å². The molecule has 1 aromatic carbocycles. The van der Waals surface area contributed by atoms with Gasteiger partial charge < -0.3 is 0 Å². The third-order valence-electron chi connectivity index (χ3n) is 4.70. The van der Waals surface area contributed by atoms with Crippen molar-refractivity contribution in [2.45, 2.75) is 17.4 Å². The van der Waals surface area contributed by atoms with Gasteiger partial charge in [-0.25, -0.2) is 8.42 Å². The Kier molecular flexibility index (Phi) is 4.60. The molecule has 9 heteroatoms. The predicted octanol–water partition coefficient (Wildman–Crippen LogP) is -0.378. The van der Waals surface area contributed by atoms with Crippen LogP contribution in [0.15, 0.2) is 29.2 Å². The number of amides is 2. The molecule has 3 rings (SSSR count). The summed E-state index contributed by atoms with van der Waals surface area (Å²) in [6.45, 7) is 1.16. The average Bonchev–Trinajstić information content (AvgIpc) is 2.89. The molecular weight excluding hydrogens is 344 g/mol. The number of nitriles is 1. The fraction of sp³-hybridized carbons (Fsp3) is 0.438. The topological polar surface area (TPSA) is 102 Å². The molecular formula is C16H18N4O4S. The largest absolute Gasteiger partial charge is 0.289 e. The van der Waals surface area contributed by atoms with Crippen LogP contribution in [0.4, 0.5) is 0 Å². The number of carbonyl (C=O) groups excluding carboxylic acids is 2. The van der Waals surface area contributed by atoms with Crippen molar-refractivity contribution >= 4 is 21.8 Å². The van der Waals surface area contributed by atoms with E-state index in [1.807, 2.05) is 11.0 Å². The van der Waals surface area contributed by atoms with Crippen LogP contribution >= 0.6 is 0 Å². The van der Waals surface area contributed by atoms with Gasteiger partial charge in [0.15, 0.2) is 0 Å². The maximum absolute atomic E-state index is 12.8. The van der Waals surface area contributed by atoms with Crippen LogP contribution in [0.25, 0.3) is 0 Å². The van der Waals surface area contributed by atoms with Crippen LogP contribution in [-0.4, -0.2) is 73.6 Å². The van der Waals surface area contributed by atoms with Gasteiger partial charge in [-0.15, -0.1) is 0 Å². The molecule has 0 saturated carbocycles. The van der Waals surface area contributed by atoms with E-state index in [-0.39, 0.29) is 41.8 Å². The van der Waals surface area contributed by atoms with Crippen molar-refractivity contribution in [3.63, 3.8) is 0 Å². The van der Waals surface area contributed by atoms with Crippen molar-refractivity contribution in [1.29, 1.82) is 5.26 Å². The molecule has 8 nitrogen and oxygen atoms in total. The highest BCUT2D eigenvalue weighted by Gasteiger charge is 2.41. The number of nitrogens with zero attached hydrogens (tertiary/aromatic N) is 4. The van der Waals surface area contributed by atoms with Gasteiger partial charge in [-0.3, -0.25) is 19.4 Å². The van der Waals surface area contributed by atoms with E-state index < -0.39 is 16.1 Å². The number of benzene rings is 1. The Balaban J connectivity index is 1.73. The predicted molar refractivity (Wildman–Crippen MR) is 87.7 cm³/mol. The van der Waals surface area contributed by atoms with Gasteiger partial charge in [0.25, 0.3) is 0 Å². The molecule has 2 saturated heterocycles. The smallest absolute Gasteiger partial charge is 0.246 e. The third-order valence-corrected chi connectivity index (χ3v) is 6.65. The van der Waals surface area contributed by atoms with Crippen LogP contribution in [-0.2, 0) is 19.6 Å². The minimum atomic E-state index is -3.76. The Hall–Kier alpha value is -2.28. The average molecular weight is 362 g/mol. The van der Waals surface area contributed by atoms with E-state index in [1.165, 1.54) is 23.5 Å². The molecule has 1 aromatic rings. The second kappa shape index (κ2) is 6.55. The molecule has 25 heavy (non-hydrogen) atoms. The highest BCUT2D eigenvalue weighted by atomic mass is 32.2. The Morgan fingerprint density at radius 1 is 1.12 bits per heavy atom. The van der Waals surface area contributed by atoms with Crippen molar-refractivity contribution in [1.82, 2.24) is 14.1 Å². The zero-order valence-corrected chi connectivity index (χ0v) is 14.6. The number of carbonyl (C=O) groups is 2. The molecule has 2 aliphatic rings. The van der Waals surface area contributed by atoms with E-state index in [2.05, 4.69) is 0 Å². The highest BCUT2D eigenvalue weighted by Crippen LogP contribution is 2.23. The lowest BCUT2D eigenvalue weighted by Crippen LogP contribution is -2.53. The van der Waals surface area contributed by atoms with Crippen molar-refractivity contribution in [3.8, 4) is 6.07 Å². The summed E-state index contributed by atoms with van der Waals surface area (Å²) >= 11 is 0. The van der Waals surface area contributed by atoms with Crippen molar-refractivity contribution in [2.75, 3.05) is 33.2 Å². The van der Waals surface area contributed by atoms with Gasteiger partial charge >= 0.3 is 0 Å². The molecule has 0 aliphatic carbocycles. The number of hydrogen-bond donors (Lipinski definition) is 0. The lowest BCUT2D eigenvalue weighted by atomic mass is 10.2. The third kappa shape index (κ3) is 3.04. The zero-order chi connectivity index (χ0) is 18.2. The van der Waals surface area contributed by atoms with Gasteiger partial charge in [0.05, 0.1) is 22.9 Å². The summed E-state index contributed by atoms with van der Waals surface area (Å²) in [5.74, 6) is -0.455. The molecule has 0 aromatic heterocycles. The van der Waals surface area contributed by atoms with Crippen LogP contribution in [0.3, 0.4) is 0 Å². The number of sulfonamides is 1. The molecule has 0 unspecified atom stereocenters. The summed E-state index contributed by atoms with van der Waals surface area (Å²) in [7, 11) is -2.30. The minimum Gasteiger partial charge on any atom is -0.289 e. The highest BCUT2D eigenvalue weighted by molar-refractivity contribution is 7.89. The lowest BCUT2D eigenvalue weighted by Gasteiger charge is -2.36. The zero-order valence-electron chi connectivity index (χ0n) is 13.8. The molecule has 132 valence electrons. The Labute approximate surface area is 146 Å². The lowest BCUT2D eigenvalue weighted by molar-refractivity contribution is -0.138. The van der Waals surface area contributed by atoms with E-state index in [0.29, 0.717) is 13.1 Å². The number of piperazine rings is 1. The fourth-order valence-electron chi connectivity index (χ4n) is 3.20. The molecule has 1 atom stereocenters. The van der Waals surface area contributed by atoms with Gasteiger partial charge in [0, 0.05) is 33.2 Å². The number of imide groups is 1. The summed E-state index contributed by atoms with van der Waals surface area (Å²) in [4.78, 5) is 26.7. The first-order valence-corrected chi connectivity index (χ1v) is 9.34. The van der Waals surface area contributed by atoms with Gasteiger partial charge in [0.2, 0.25) is 21.8 Å². The second-order valence-electron chi connectivity index (χ2n) is 6.06. The quantitative estimate of drug-likeness (QED) is 0.680. The molecule has 0 bridgehead atoms. The molecule has 2 amide bonds. The number of hydrogen-bond acceptors (Lipinski definition) is 6. The van der Waals surface area contributed by atoms with Crippen LogP contribution in [0.2, 0.25) is 0 Å². The molecule has 0 spiro atoms. The second-order valence-corrected chi connectivity index (χ2v) is 7.97. The van der Waals surface area contributed by atoms with Crippen molar-refractivity contribution in [2.24, 2.45) is 0 Å². The normalized spacial score (nSPS) is 23.0. The molecule has 0 N–H and O–H groups in total. The molecule has 2 fully saturated rings. The van der Waals surface area contributed by atoms with Gasteiger partial charge in [-0.05, 0) is 12.1 Å². The van der Waals surface area contributed by atoms with Crippen molar-refractivity contribution in [3.05, 3.63) is 29.8 Å². The van der Waals surface area contributed by atoms with Crippen molar-refractivity contribution < 1.29 is 18.0 Å². The van der Waals surface area contributed by atoms with E-state index in [9.17, 15) is 18.0 Å². The molecule has 2 heterocycles. The van der Waals surface area contributed by atoms with E-state index in [4.69, 9.17) is 5.26 Å². The Morgan fingerprint density at radius 2 is 1.76 bits per heavy atom. The maximum Gasteiger partial charge on any atom is 0.246 e. The number of likely N-dealkylation sites (N-methyl/N-ethyl adjacent to an activating group) is 1. The van der Waals surface area contributed by atoms with Gasteiger partial charge in [0.1, 0.15) is 6.07 Å². The summed E-state index contributed by atoms with van der Waals surface area (Å²) < 4.78 is 26.9. The Morgan fingerprint density at radius 3 is 2.32 bits per heavy atom.